The minimum Gasteiger partial charge on any atom is -0.337 e. The summed E-state index contributed by atoms with van der Waals surface area (Å²) in [5.41, 5.74) is 1.82. The molecular formula is C18H15BrN2O2. The Morgan fingerprint density at radius 1 is 1.13 bits per heavy atom. The van der Waals surface area contributed by atoms with Gasteiger partial charge in [-0.2, -0.15) is 0 Å². The maximum absolute atomic E-state index is 12.8. The fourth-order valence-electron chi connectivity index (χ4n) is 2.54. The number of carbonyl (C=O) groups is 1. The number of amides is 1. The number of hydrogen-bond acceptors (Lipinski definition) is 2. The molecule has 4 nitrogen and oxygen atoms in total. The molecule has 0 bridgehead atoms. The van der Waals surface area contributed by atoms with E-state index in [9.17, 15) is 9.59 Å². The molecule has 0 atom stereocenters. The molecule has 2 aromatic carbocycles. The zero-order chi connectivity index (χ0) is 16.4. The zero-order valence-corrected chi connectivity index (χ0v) is 14.1. The van der Waals surface area contributed by atoms with E-state index in [4.69, 9.17) is 0 Å². The molecule has 0 saturated heterocycles. The van der Waals surface area contributed by atoms with E-state index in [2.05, 4.69) is 20.9 Å². The molecular weight excluding hydrogens is 356 g/mol. The zero-order valence-electron chi connectivity index (χ0n) is 12.5. The SMILES string of the molecule is CN(Cc1ccccc1Br)C(=O)c1cc(=O)[nH]c2ccccc12. The molecule has 0 unspecified atom stereocenters. The summed E-state index contributed by atoms with van der Waals surface area (Å²) in [7, 11) is 1.73. The number of H-pyrrole nitrogens is 1. The second kappa shape index (κ2) is 6.38. The minimum atomic E-state index is -0.277. The lowest BCUT2D eigenvalue weighted by Gasteiger charge is -2.19. The lowest BCUT2D eigenvalue weighted by atomic mass is 10.1. The number of aromatic nitrogens is 1. The number of aromatic amines is 1. The van der Waals surface area contributed by atoms with Crippen molar-refractivity contribution in [3.63, 3.8) is 0 Å². The highest BCUT2D eigenvalue weighted by Gasteiger charge is 2.16. The van der Waals surface area contributed by atoms with E-state index in [0.29, 0.717) is 17.6 Å². The summed E-state index contributed by atoms with van der Waals surface area (Å²) >= 11 is 3.49. The molecule has 3 rings (SSSR count). The molecule has 1 aromatic heterocycles. The first-order valence-corrected chi connectivity index (χ1v) is 7.96. The molecule has 0 spiro atoms. The molecule has 0 radical (unpaired) electrons. The standard InChI is InChI=1S/C18H15BrN2O2/c1-21(11-12-6-2-4-8-15(12)19)18(23)14-10-17(22)20-16-9-5-3-7-13(14)16/h2-10H,11H2,1H3,(H,20,22). The highest BCUT2D eigenvalue weighted by atomic mass is 79.9. The Morgan fingerprint density at radius 2 is 1.83 bits per heavy atom. The Balaban J connectivity index is 1.97. The average molecular weight is 371 g/mol. The van der Waals surface area contributed by atoms with E-state index in [1.807, 2.05) is 42.5 Å². The second-order valence-electron chi connectivity index (χ2n) is 5.35. The van der Waals surface area contributed by atoms with Crippen LogP contribution in [-0.4, -0.2) is 22.8 Å². The smallest absolute Gasteiger partial charge is 0.254 e. The predicted octanol–water partition coefficient (Wildman–Crippen LogP) is 3.56. The largest absolute Gasteiger partial charge is 0.337 e. The van der Waals surface area contributed by atoms with Crippen LogP contribution in [-0.2, 0) is 6.54 Å². The van der Waals surface area contributed by atoms with E-state index >= 15 is 0 Å². The number of fused-ring (bicyclic) bond motifs is 1. The molecule has 5 heteroatoms. The summed E-state index contributed by atoms with van der Waals surface area (Å²) in [5, 5.41) is 0.746. The topological polar surface area (TPSA) is 53.2 Å². The normalized spacial score (nSPS) is 10.7. The number of benzene rings is 2. The number of pyridine rings is 1. The van der Waals surface area contributed by atoms with E-state index in [0.717, 1.165) is 15.4 Å². The average Bonchev–Trinajstić information content (AvgIpc) is 2.55. The predicted molar refractivity (Wildman–Crippen MR) is 94.5 cm³/mol. The first-order chi connectivity index (χ1) is 11.1. The molecule has 3 aromatic rings. The summed E-state index contributed by atoms with van der Waals surface area (Å²) in [6, 6.07) is 16.4. The van der Waals surface area contributed by atoms with Gasteiger partial charge in [-0.1, -0.05) is 52.3 Å². The van der Waals surface area contributed by atoms with Crippen LogP contribution in [0.3, 0.4) is 0 Å². The van der Waals surface area contributed by atoms with E-state index < -0.39 is 0 Å². The van der Waals surface area contributed by atoms with Crippen molar-refractivity contribution in [1.29, 1.82) is 0 Å². The summed E-state index contributed by atoms with van der Waals surface area (Å²) in [4.78, 5) is 29.0. The van der Waals surface area contributed by atoms with Crippen LogP contribution >= 0.6 is 15.9 Å². The fraction of sp³-hybridized carbons (Fsp3) is 0.111. The summed E-state index contributed by atoms with van der Waals surface area (Å²) < 4.78 is 0.954. The van der Waals surface area contributed by atoms with Crippen LogP contribution < -0.4 is 5.56 Å². The van der Waals surface area contributed by atoms with Crippen molar-refractivity contribution in [2.24, 2.45) is 0 Å². The van der Waals surface area contributed by atoms with Gasteiger partial charge in [0.2, 0.25) is 5.56 Å². The number of rotatable bonds is 3. The van der Waals surface area contributed by atoms with Gasteiger partial charge in [-0.25, -0.2) is 0 Å². The van der Waals surface area contributed by atoms with Crippen LogP contribution in [0.4, 0.5) is 0 Å². The van der Waals surface area contributed by atoms with Gasteiger partial charge in [0, 0.05) is 35.0 Å². The summed E-state index contributed by atoms with van der Waals surface area (Å²) in [5.74, 6) is -0.178. The van der Waals surface area contributed by atoms with Gasteiger partial charge in [-0.05, 0) is 17.7 Å². The molecule has 0 fully saturated rings. The Bertz CT molecular complexity index is 933. The maximum Gasteiger partial charge on any atom is 0.254 e. The van der Waals surface area contributed by atoms with Crippen LogP contribution in [0.15, 0.2) is 63.9 Å². The first-order valence-electron chi connectivity index (χ1n) is 7.17. The maximum atomic E-state index is 12.8. The lowest BCUT2D eigenvalue weighted by molar-refractivity contribution is 0.0786. The van der Waals surface area contributed by atoms with Crippen LogP contribution in [0.2, 0.25) is 0 Å². The van der Waals surface area contributed by atoms with Crippen molar-refractivity contribution in [3.05, 3.63) is 80.6 Å². The number of para-hydroxylation sites is 1. The molecule has 0 saturated carbocycles. The number of nitrogens with zero attached hydrogens (tertiary/aromatic N) is 1. The van der Waals surface area contributed by atoms with Crippen LogP contribution in [0.5, 0.6) is 0 Å². The van der Waals surface area contributed by atoms with Gasteiger partial charge in [-0.3, -0.25) is 9.59 Å². The van der Waals surface area contributed by atoms with Crippen LogP contribution in [0.25, 0.3) is 10.9 Å². The van der Waals surface area contributed by atoms with E-state index in [-0.39, 0.29) is 11.5 Å². The highest BCUT2D eigenvalue weighted by Crippen LogP contribution is 2.20. The lowest BCUT2D eigenvalue weighted by Crippen LogP contribution is -2.27. The van der Waals surface area contributed by atoms with E-state index in [1.54, 1.807) is 18.0 Å². The number of halogens is 1. The van der Waals surface area contributed by atoms with Crippen LogP contribution in [0, 0.1) is 0 Å². The van der Waals surface area contributed by atoms with Gasteiger partial charge in [0.15, 0.2) is 0 Å². The van der Waals surface area contributed by atoms with Gasteiger partial charge in [0.25, 0.3) is 5.91 Å². The third kappa shape index (κ3) is 3.19. The van der Waals surface area contributed by atoms with Gasteiger partial charge in [-0.15, -0.1) is 0 Å². The quantitative estimate of drug-likeness (QED) is 0.766. The summed E-state index contributed by atoms with van der Waals surface area (Å²) in [6.45, 7) is 0.460. The third-order valence-electron chi connectivity index (χ3n) is 3.69. The Morgan fingerprint density at radius 3 is 2.61 bits per heavy atom. The van der Waals surface area contributed by atoms with Crippen molar-refractivity contribution in [2.75, 3.05) is 7.05 Å². The van der Waals surface area contributed by atoms with Crippen molar-refractivity contribution < 1.29 is 4.79 Å². The number of hydrogen-bond donors (Lipinski definition) is 1. The van der Waals surface area contributed by atoms with Crippen molar-refractivity contribution in [2.45, 2.75) is 6.54 Å². The van der Waals surface area contributed by atoms with Crippen molar-refractivity contribution >= 4 is 32.7 Å². The molecule has 116 valence electrons. The van der Waals surface area contributed by atoms with Crippen LogP contribution in [0.1, 0.15) is 15.9 Å². The first kappa shape index (κ1) is 15.5. The fourth-order valence-corrected chi connectivity index (χ4v) is 2.95. The van der Waals surface area contributed by atoms with Gasteiger partial charge >= 0.3 is 0 Å². The second-order valence-corrected chi connectivity index (χ2v) is 6.20. The van der Waals surface area contributed by atoms with Gasteiger partial charge in [0.05, 0.1) is 5.56 Å². The molecule has 0 aliphatic heterocycles. The van der Waals surface area contributed by atoms with Crippen molar-refractivity contribution in [1.82, 2.24) is 9.88 Å². The third-order valence-corrected chi connectivity index (χ3v) is 4.47. The summed E-state index contributed by atoms with van der Waals surface area (Å²) in [6.07, 6.45) is 0. The van der Waals surface area contributed by atoms with Crippen molar-refractivity contribution in [3.8, 4) is 0 Å². The van der Waals surface area contributed by atoms with Gasteiger partial charge < -0.3 is 9.88 Å². The van der Waals surface area contributed by atoms with Gasteiger partial charge in [0.1, 0.15) is 0 Å². The van der Waals surface area contributed by atoms with E-state index in [1.165, 1.54) is 6.07 Å². The Labute approximate surface area is 141 Å². The molecule has 1 heterocycles. The monoisotopic (exact) mass is 370 g/mol. The molecule has 0 aliphatic carbocycles. The minimum absolute atomic E-state index is 0.178. The number of carbonyl (C=O) groups excluding carboxylic acids is 1. The molecule has 0 aliphatic rings. The molecule has 1 N–H and O–H groups in total. The number of nitrogens with one attached hydrogen (secondary N) is 1. The molecule has 1 amide bonds. The highest BCUT2D eigenvalue weighted by molar-refractivity contribution is 9.10. The Hall–Kier alpha value is -2.40. The Kier molecular flexibility index (Phi) is 4.30. The molecule has 23 heavy (non-hydrogen) atoms.